The van der Waals surface area contributed by atoms with Gasteiger partial charge in [-0.2, -0.15) is 4.98 Å². The third-order valence-corrected chi connectivity index (χ3v) is 6.96. The summed E-state index contributed by atoms with van der Waals surface area (Å²) in [6.45, 7) is 0.487. The summed E-state index contributed by atoms with van der Waals surface area (Å²) in [5, 5.41) is 10.3. The fourth-order valence-corrected chi connectivity index (χ4v) is 5.17. The molecule has 1 aromatic carbocycles. The van der Waals surface area contributed by atoms with E-state index in [9.17, 15) is 13.7 Å². The lowest BCUT2D eigenvalue weighted by Crippen LogP contribution is -2.34. The van der Waals surface area contributed by atoms with Gasteiger partial charge in [0.25, 0.3) is 6.01 Å². The summed E-state index contributed by atoms with van der Waals surface area (Å²) in [7, 11) is -1.79. The molecule has 1 unspecified atom stereocenters. The number of ether oxygens (including phenoxy) is 3. The van der Waals surface area contributed by atoms with E-state index >= 15 is 0 Å². The van der Waals surface area contributed by atoms with Crippen molar-refractivity contribution in [3.8, 4) is 28.5 Å². The largest absolute Gasteiger partial charge is 0.456 e. The number of imidazole rings is 1. The van der Waals surface area contributed by atoms with Gasteiger partial charge in [-0.25, -0.2) is 13.7 Å². The number of nitrogens with one attached hydrogen (secondary N) is 1. The Morgan fingerprint density at radius 1 is 1.14 bits per heavy atom. The van der Waals surface area contributed by atoms with Crippen molar-refractivity contribution in [2.24, 2.45) is 4.36 Å². The SMILES string of the molecule is C/[SH](=O)=N\c1cnc(-c2ccc(-c3nc4[nH]c(O[C@@H]5CO[C@H]6[C@@H]5OC[C@H]6O)nc4cc3Cl)cc2)c(F)c1. The van der Waals surface area contributed by atoms with Crippen LogP contribution in [0.15, 0.2) is 47.0 Å². The molecule has 2 fully saturated rings. The molecule has 5 heterocycles. The van der Waals surface area contributed by atoms with E-state index in [0.29, 0.717) is 33.0 Å². The Kier molecular flexibility index (Phi) is 6.29. The van der Waals surface area contributed by atoms with Crippen molar-refractivity contribution >= 4 is 39.0 Å². The van der Waals surface area contributed by atoms with E-state index in [1.807, 2.05) is 0 Å². The van der Waals surface area contributed by atoms with E-state index < -0.39 is 34.7 Å². The van der Waals surface area contributed by atoms with E-state index in [0.717, 1.165) is 0 Å². The molecule has 0 aliphatic carbocycles. The number of hydrogen-bond acceptors (Lipinski definition) is 9. The van der Waals surface area contributed by atoms with Crippen LogP contribution < -0.4 is 4.74 Å². The zero-order valence-electron chi connectivity index (χ0n) is 19.3. The maximum absolute atomic E-state index is 14.6. The molecule has 6 rings (SSSR count). The number of hydrogen-bond donors (Lipinski definition) is 3. The number of nitrogens with zero attached hydrogens (tertiary/aromatic N) is 4. The fourth-order valence-electron chi connectivity index (χ4n) is 4.49. The van der Waals surface area contributed by atoms with Gasteiger partial charge in [-0.1, -0.05) is 35.9 Å². The van der Waals surface area contributed by atoms with Crippen LogP contribution in [0.1, 0.15) is 0 Å². The Balaban J connectivity index is 1.24. The van der Waals surface area contributed by atoms with Gasteiger partial charge >= 0.3 is 0 Å². The molecule has 37 heavy (non-hydrogen) atoms. The molecule has 5 atom stereocenters. The summed E-state index contributed by atoms with van der Waals surface area (Å²) in [4.78, 5) is 16.2. The van der Waals surface area contributed by atoms with E-state index in [2.05, 4.69) is 24.3 Å². The molecule has 0 bridgehead atoms. The van der Waals surface area contributed by atoms with Crippen molar-refractivity contribution in [3.63, 3.8) is 0 Å². The first-order valence-electron chi connectivity index (χ1n) is 11.4. The topological polar surface area (TPSA) is 132 Å². The molecule has 192 valence electrons. The van der Waals surface area contributed by atoms with Crippen LogP contribution in [0, 0.1) is 5.82 Å². The number of halogens is 2. The second-order valence-corrected chi connectivity index (χ2v) is 10.2. The average molecular weight is 546 g/mol. The highest BCUT2D eigenvalue weighted by molar-refractivity contribution is 7.74. The monoisotopic (exact) mass is 545 g/mol. The van der Waals surface area contributed by atoms with Crippen LogP contribution >= 0.6 is 11.6 Å². The minimum absolute atomic E-state index is 0.151. The molecule has 10 nitrogen and oxygen atoms in total. The number of pyridine rings is 2. The van der Waals surface area contributed by atoms with Crippen LogP contribution in [0.25, 0.3) is 33.7 Å². The summed E-state index contributed by atoms with van der Waals surface area (Å²) in [5.74, 6) is -0.565. The van der Waals surface area contributed by atoms with Gasteiger partial charge in [0.1, 0.15) is 29.5 Å². The molecular formula is C24H21ClFN5O5S. The predicted molar refractivity (Wildman–Crippen MR) is 135 cm³/mol. The zero-order chi connectivity index (χ0) is 25.7. The number of thiol groups is 1. The minimum atomic E-state index is -1.79. The number of benzene rings is 1. The normalized spacial score (nSPS) is 24.0. The Hall–Kier alpha value is -3.16. The summed E-state index contributed by atoms with van der Waals surface area (Å²) < 4.78 is 46.8. The van der Waals surface area contributed by atoms with Crippen LogP contribution in [0.4, 0.5) is 10.1 Å². The second-order valence-electron chi connectivity index (χ2n) is 8.71. The van der Waals surface area contributed by atoms with E-state index in [4.69, 9.17) is 25.8 Å². The number of fused-ring (bicyclic) bond motifs is 2. The fraction of sp³-hybridized carbons (Fsp3) is 0.292. The van der Waals surface area contributed by atoms with Gasteiger partial charge in [0.15, 0.2) is 17.6 Å². The lowest BCUT2D eigenvalue weighted by molar-refractivity contribution is 0.00706. The number of aliphatic hydroxyl groups is 1. The zero-order valence-corrected chi connectivity index (χ0v) is 21.0. The van der Waals surface area contributed by atoms with E-state index in [-0.39, 0.29) is 36.7 Å². The second kappa shape index (κ2) is 9.62. The maximum Gasteiger partial charge on any atom is 0.296 e. The molecule has 2 aliphatic rings. The van der Waals surface area contributed by atoms with Gasteiger partial charge in [-0.3, -0.25) is 14.2 Å². The smallest absolute Gasteiger partial charge is 0.296 e. The summed E-state index contributed by atoms with van der Waals surface area (Å²) >= 11 is 6.52. The van der Waals surface area contributed by atoms with Gasteiger partial charge in [-0.05, 0) is 6.07 Å². The third kappa shape index (κ3) is 4.66. The van der Waals surface area contributed by atoms with Crippen molar-refractivity contribution in [1.29, 1.82) is 0 Å². The molecule has 3 aromatic heterocycles. The Morgan fingerprint density at radius 3 is 2.59 bits per heavy atom. The number of aliphatic hydroxyl groups excluding tert-OH is 1. The number of aromatic amines is 1. The molecule has 2 N–H and O–H groups in total. The first-order chi connectivity index (χ1) is 17.9. The Labute approximate surface area is 217 Å². The van der Waals surface area contributed by atoms with E-state index in [1.165, 1.54) is 18.5 Å². The highest BCUT2D eigenvalue weighted by Gasteiger charge is 2.48. The quantitative estimate of drug-likeness (QED) is 0.325. The van der Waals surface area contributed by atoms with Crippen LogP contribution in [0.3, 0.4) is 0 Å². The van der Waals surface area contributed by atoms with Crippen molar-refractivity contribution in [3.05, 3.63) is 53.4 Å². The highest BCUT2D eigenvalue weighted by atomic mass is 35.5. The standard InChI is InChI=1S/C24H21ClFN5O5S/c1-37(33)31-13-6-15(26)20(27-8-13)12-4-2-11(3-5-12)19-14(25)7-16-23(29-19)30-24(28-16)36-18-10-35-21-17(32)9-34-22(18)21/h2-8,17-18,21-22,32,37H,9-10H2,1H3,(H,28,29,30)/t17-,18-,21-,22-/m1/s1. The predicted octanol–water partition coefficient (Wildman–Crippen LogP) is 3.31. The number of aromatic nitrogens is 4. The van der Waals surface area contributed by atoms with E-state index in [1.54, 1.807) is 30.3 Å². The average Bonchev–Trinajstić information content (AvgIpc) is 3.55. The van der Waals surface area contributed by atoms with Crippen molar-refractivity contribution in [2.75, 3.05) is 19.5 Å². The van der Waals surface area contributed by atoms with Crippen molar-refractivity contribution in [2.45, 2.75) is 24.4 Å². The van der Waals surface area contributed by atoms with Crippen molar-refractivity contribution < 1.29 is 27.9 Å². The molecule has 0 radical (unpaired) electrons. The molecular weight excluding hydrogens is 525 g/mol. The molecule has 0 amide bonds. The summed E-state index contributed by atoms with van der Waals surface area (Å²) in [5.41, 5.74) is 3.15. The van der Waals surface area contributed by atoms with Crippen LogP contribution in [0.2, 0.25) is 5.02 Å². The summed E-state index contributed by atoms with van der Waals surface area (Å²) in [6, 6.07) is 10.1. The number of rotatable bonds is 5. The highest BCUT2D eigenvalue weighted by Crippen LogP contribution is 2.33. The van der Waals surface area contributed by atoms with Gasteiger partial charge in [0.2, 0.25) is 0 Å². The first kappa shape index (κ1) is 24.2. The maximum atomic E-state index is 14.6. The first-order valence-corrected chi connectivity index (χ1v) is 13.4. The Bertz CT molecular complexity index is 1580. The third-order valence-electron chi connectivity index (χ3n) is 6.16. The number of H-pyrrole nitrogens is 1. The minimum Gasteiger partial charge on any atom is -0.456 e. The Morgan fingerprint density at radius 2 is 1.86 bits per heavy atom. The summed E-state index contributed by atoms with van der Waals surface area (Å²) in [6.07, 6.45) is 0.964. The lowest BCUT2D eigenvalue weighted by Gasteiger charge is -2.15. The molecule has 2 aliphatic heterocycles. The van der Waals surface area contributed by atoms with Crippen LogP contribution in [-0.4, -0.2) is 73.1 Å². The van der Waals surface area contributed by atoms with Crippen molar-refractivity contribution in [1.82, 2.24) is 19.9 Å². The lowest BCUT2D eigenvalue weighted by atomic mass is 10.1. The van der Waals surface area contributed by atoms with Gasteiger partial charge in [-0.15, -0.1) is 0 Å². The van der Waals surface area contributed by atoms with Gasteiger partial charge < -0.3 is 19.3 Å². The molecule has 2 saturated heterocycles. The van der Waals surface area contributed by atoms with Crippen LogP contribution in [0.5, 0.6) is 6.01 Å². The molecule has 13 heteroatoms. The van der Waals surface area contributed by atoms with Crippen LogP contribution in [-0.2, 0) is 20.1 Å². The molecule has 0 saturated carbocycles. The van der Waals surface area contributed by atoms with Gasteiger partial charge in [0, 0.05) is 34.0 Å². The molecule has 4 aromatic rings. The van der Waals surface area contributed by atoms with Gasteiger partial charge in [0.05, 0.1) is 35.8 Å². The molecule has 0 spiro atoms.